The van der Waals surface area contributed by atoms with Crippen molar-refractivity contribution in [1.82, 2.24) is 15.5 Å². The number of carbonyl (C=O) groups excluding carboxylic acids is 2. The minimum atomic E-state index is -0.293. The lowest BCUT2D eigenvalue weighted by Crippen LogP contribution is -2.51. The Bertz CT molecular complexity index is 269. The Kier molecular flexibility index (Phi) is 5.99. The van der Waals surface area contributed by atoms with E-state index in [1.807, 2.05) is 41.5 Å². The third-order valence-electron chi connectivity index (χ3n) is 1.93. The molecule has 0 bridgehead atoms. The quantitative estimate of drug-likeness (QED) is 0.782. The highest BCUT2D eigenvalue weighted by atomic mass is 16.2. The van der Waals surface area contributed by atoms with Gasteiger partial charge in [0.25, 0.3) is 0 Å². The van der Waals surface area contributed by atoms with Crippen LogP contribution in [-0.4, -0.2) is 41.5 Å². The molecule has 3 amide bonds. The molecule has 0 aromatic rings. The molecule has 0 atom stereocenters. The Hall–Kier alpha value is -1.26. The number of hydrogen-bond donors (Lipinski definition) is 2. The van der Waals surface area contributed by atoms with E-state index in [-0.39, 0.29) is 30.1 Å². The molecule has 2 N–H and O–H groups in total. The van der Waals surface area contributed by atoms with E-state index in [0.717, 1.165) is 0 Å². The second kappa shape index (κ2) is 6.47. The average Bonchev–Trinajstić information content (AvgIpc) is 2.09. The van der Waals surface area contributed by atoms with Crippen LogP contribution in [0.25, 0.3) is 0 Å². The van der Waals surface area contributed by atoms with Crippen LogP contribution in [0.15, 0.2) is 0 Å². The van der Waals surface area contributed by atoms with Crippen molar-refractivity contribution in [2.24, 2.45) is 0 Å². The van der Waals surface area contributed by atoms with Crippen LogP contribution in [-0.2, 0) is 4.79 Å². The number of nitrogens with zero attached hydrogens (tertiary/aromatic N) is 1. The number of nitrogens with one attached hydrogen (secondary N) is 2. The first-order valence-electron chi connectivity index (χ1n) is 6.02. The second-order valence-corrected chi connectivity index (χ2v) is 5.42. The largest absolute Gasteiger partial charge is 0.352 e. The average molecular weight is 243 g/mol. The van der Waals surface area contributed by atoms with Crippen LogP contribution in [0.4, 0.5) is 4.79 Å². The summed E-state index contributed by atoms with van der Waals surface area (Å²) in [5, 5.41) is 5.60. The molecular formula is C12H25N3O2. The molecule has 0 heterocycles. The SMILES string of the molecule is CCN(CC(=O)NC(C)C)C(=O)NC(C)(C)C. The van der Waals surface area contributed by atoms with Crippen LogP contribution in [0, 0.1) is 0 Å². The highest BCUT2D eigenvalue weighted by molar-refractivity contribution is 5.84. The Morgan fingerprint density at radius 2 is 1.76 bits per heavy atom. The summed E-state index contributed by atoms with van der Waals surface area (Å²) in [6.45, 7) is 12.0. The maximum atomic E-state index is 11.8. The van der Waals surface area contributed by atoms with Gasteiger partial charge in [0, 0.05) is 18.1 Å². The Balaban J connectivity index is 4.33. The van der Waals surface area contributed by atoms with E-state index < -0.39 is 0 Å². The molecule has 0 saturated carbocycles. The van der Waals surface area contributed by atoms with Gasteiger partial charge in [0.1, 0.15) is 6.54 Å². The monoisotopic (exact) mass is 243 g/mol. The zero-order valence-corrected chi connectivity index (χ0v) is 11.8. The fraction of sp³-hybridized carbons (Fsp3) is 0.833. The number of urea groups is 1. The highest BCUT2D eigenvalue weighted by Crippen LogP contribution is 2.01. The van der Waals surface area contributed by atoms with Crippen molar-refractivity contribution >= 4 is 11.9 Å². The van der Waals surface area contributed by atoms with E-state index in [2.05, 4.69) is 10.6 Å². The van der Waals surface area contributed by atoms with Gasteiger partial charge in [-0.3, -0.25) is 4.79 Å². The van der Waals surface area contributed by atoms with Crippen molar-refractivity contribution in [2.45, 2.75) is 53.1 Å². The van der Waals surface area contributed by atoms with Gasteiger partial charge >= 0.3 is 6.03 Å². The summed E-state index contributed by atoms with van der Waals surface area (Å²) in [7, 11) is 0. The van der Waals surface area contributed by atoms with E-state index in [4.69, 9.17) is 0 Å². The molecule has 0 spiro atoms. The molecule has 100 valence electrons. The highest BCUT2D eigenvalue weighted by Gasteiger charge is 2.20. The lowest BCUT2D eigenvalue weighted by Gasteiger charge is -2.27. The van der Waals surface area contributed by atoms with Crippen molar-refractivity contribution in [1.29, 1.82) is 0 Å². The first-order valence-corrected chi connectivity index (χ1v) is 6.02. The molecule has 0 rings (SSSR count). The molecule has 5 nitrogen and oxygen atoms in total. The Morgan fingerprint density at radius 3 is 2.12 bits per heavy atom. The summed E-state index contributed by atoms with van der Waals surface area (Å²) in [5.74, 6) is -0.133. The summed E-state index contributed by atoms with van der Waals surface area (Å²) in [6.07, 6.45) is 0. The summed E-state index contributed by atoms with van der Waals surface area (Å²) >= 11 is 0. The number of likely N-dealkylation sites (N-methyl/N-ethyl adjacent to an activating group) is 1. The summed E-state index contributed by atoms with van der Waals surface area (Å²) in [5.41, 5.74) is -0.293. The molecule has 0 saturated heterocycles. The van der Waals surface area contributed by atoms with Gasteiger partial charge in [-0.2, -0.15) is 0 Å². The van der Waals surface area contributed by atoms with Crippen LogP contribution in [0.5, 0.6) is 0 Å². The van der Waals surface area contributed by atoms with Gasteiger partial charge in [-0.05, 0) is 41.5 Å². The van der Waals surface area contributed by atoms with Crippen LogP contribution in [0.3, 0.4) is 0 Å². The van der Waals surface area contributed by atoms with Crippen molar-refractivity contribution in [3.05, 3.63) is 0 Å². The first-order chi connectivity index (χ1) is 7.65. The Morgan fingerprint density at radius 1 is 1.24 bits per heavy atom. The van der Waals surface area contributed by atoms with Gasteiger partial charge in [0.2, 0.25) is 5.91 Å². The topological polar surface area (TPSA) is 61.4 Å². The van der Waals surface area contributed by atoms with Crippen molar-refractivity contribution < 1.29 is 9.59 Å². The lowest BCUT2D eigenvalue weighted by atomic mass is 10.1. The smallest absolute Gasteiger partial charge is 0.318 e. The minimum Gasteiger partial charge on any atom is -0.352 e. The standard InChI is InChI=1S/C12H25N3O2/c1-7-15(8-10(16)13-9(2)3)11(17)14-12(4,5)6/h9H,7-8H2,1-6H3,(H,13,16)(H,14,17). The number of amides is 3. The number of hydrogen-bond acceptors (Lipinski definition) is 2. The van der Waals surface area contributed by atoms with E-state index in [9.17, 15) is 9.59 Å². The van der Waals surface area contributed by atoms with Gasteiger partial charge in [-0.1, -0.05) is 0 Å². The van der Waals surface area contributed by atoms with Gasteiger partial charge in [0.15, 0.2) is 0 Å². The molecule has 0 aliphatic rings. The van der Waals surface area contributed by atoms with E-state index >= 15 is 0 Å². The fourth-order valence-corrected chi connectivity index (χ4v) is 1.27. The molecule has 0 fully saturated rings. The van der Waals surface area contributed by atoms with Gasteiger partial charge in [0.05, 0.1) is 0 Å². The summed E-state index contributed by atoms with van der Waals surface area (Å²) < 4.78 is 0. The molecule has 0 aliphatic heterocycles. The predicted molar refractivity (Wildman–Crippen MR) is 68.8 cm³/mol. The maximum Gasteiger partial charge on any atom is 0.318 e. The maximum absolute atomic E-state index is 11.8. The molecule has 17 heavy (non-hydrogen) atoms. The van der Waals surface area contributed by atoms with Gasteiger partial charge in [-0.25, -0.2) is 4.79 Å². The zero-order chi connectivity index (χ0) is 13.6. The van der Waals surface area contributed by atoms with Crippen molar-refractivity contribution in [2.75, 3.05) is 13.1 Å². The fourth-order valence-electron chi connectivity index (χ4n) is 1.27. The molecule has 0 aromatic carbocycles. The summed E-state index contributed by atoms with van der Waals surface area (Å²) in [4.78, 5) is 24.9. The second-order valence-electron chi connectivity index (χ2n) is 5.42. The zero-order valence-electron chi connectivity index (χ0n) is 11.8. The predicted octanol–water partition coefficient (Wildman–Crippen LogP) is 1.34. The number of carbonyl (C=O) groups is 2. The molecule has 0 unspecified atom stereocenters. The van der Waals surface area contributed by atoms with E-state index in [1.54, 1.807) is 0 Å². The van der Waals surface area contributed by atoms with Gasteiger partial charge in [-0.15, -0.1) is 0 Å². The van der Waals surface area contributed by atoms with Crippen LogP contribution < -0.4 is 10.6 Å². The Labute approximate surface area is 104 Å². The number of rotatable bonds is 4. The normalized spacial score (nSPS) is 11.2. The molecule has 5 heteroatoms. The van der Waals surface area contributed by atoms with E-state index in [0.29, 0.717) is 6.54 Å². The molecule has 0 aromatic heterocycles. The summed E-state index contributed by atoms with van der Waals surface area (Å²) in [6, 6.07) is -0.120. The molecular weight excluding hydrogens is 218 g/mol. The minimum absolute atomic E-state index is 0.0897. The van der Waals surface area contributed by atoms with Crippen molar-refractivity contribution in [3.8, 4) is 0 Å². The van der Waals surface area contributed by atoms with Gasteiger partial charge < -0.3 is 15.5 Å². The lowest BCUT2D eigenvalue weighted by molar-refractivity contribution is -0.122. The third kappa shape index (κ3) is 7.60. The van der Waals surface area contributed by atoms with E-state index in [1.165, 1.54) is 4.90 Å². The van der Waals surface area contributed by atoms with Crippen LogP contribution in [0.1, 0.15) is 41.5 Å². The molecule has 0 radical (unpaired) electrons. The molecule has 0 aliphatic carbocycles. The van der Waals surface area contributed by atoms with Crippen LogP contribution >= 0.6 is 0 Å². The van der Waals surface area contributed by atoms with Crippen molar-refractivity contribution in [3.63, 3.8) is 0 Å². The third-order valence-corrected chi connectivity index (χ3v) is 1.93. The van der Waals surface area contributed by atoms with Crippen LogP contribution in [0.2, 0.25) is 0 Å². The first kappa shape index (κ1) is 15.7.